The maximum absolute atomic E-state index is 10.1. The Labute approximate surface area is 45.2 Å². The summed E-state index contributed by atoms with van der Waals surface area (Å²) in [6, 6.07) is 0. The van der Waals surface area contributed by atoms with E-state index < -0.39 is 0 Å². The standard InChI is InChI=1S/C3H3NO2S/c5-4-2-1-3-6-7-4/h1-3H. The molecule has 1 rings (SSSR count). The lowest BCUT2D eigenvalue weighted by Gasteiger charge is -1.97. The maximum atomic E-state index is 10.1. The second-order valence-electron chi connectivity index (χ2n) is 0.934. The van der Waals surface area contributed by atoms with E-state index in [1.165, 1.54) is 18.6 Å². The zero-order valence-electron chi connectivity index (χ0n) is 3.40. The van der Waals surface area contributed by atoms with E-state index in [2.05, 4.69) is 4.18 Å². The molecule has 1 aliphatic rings. The molecule has 0 saturated carbocycles. The molecule has 0 aromatic rings. The molecule has 0 atom stereocenters. The lowest BCUT2D eigenvalue weighted by Crippen LogP contribution is -1.94. The van der Waals surface area contributed by atoms with Gasteiger partial charge in [-0.3, -0.25) is 0 Å². The second kappa shape index (κ2) is 1.88. The first-order valence-corrected chi connectivity index (χ1v) is 2.39. The molecule has 0 saturated heterocycles. The Bertz CT molecular complexity index is 120. The highest BCUT2D eigenvalue weighted by molar-refractivity contribution is 7.88. The fourth-order valence-corrected chi connectivity index (χ4v) is 0.548. The normalized spacial score (nSPS) is 18.0. The van der Waals surface area contributed by atoms with Crippen LogP contribution < -0.4 is 0 Å². The van der Waals surface area contributed by atoms with Gasteiger partial charge in [0.15, 0.2) is 6.21 Å². The van der Waals surface area contributed by atoms with Gasteiger partial charge < -0.3 is 9.39 Å². The van der Waals surface area contributed by atoms with Crippen LogP contribution in [0.15, 0.2) is 12.3 Å². The third kappa shape index (κ3) is 1.12. The molecule has 3 nitrogen and oxygen atoms in total. The molecule has 7 heavy (non-hydrogen) atoms. The van der Waals surface area contributed by atoms with E-state index in [-0.39, 0.29) is 0 Å². The Balaban J connectivity index is 2.57. The zero-order valence-corrected chi connectivity index (χ0v) is 4.22. The summed E-state index contributed by atoms with van der Waals surface area (Å²) < 4.78 is 5.12. The largest absolute Gasteiger partial charge is 0.609 e. The molecule has 0 radical (unpaired) electrons. The molecule has 38 valence electrons. The van der Waals surface area contributed by atoms with Gasteiger partial charge in [-0.05, 0) is 0 Å². The van der Waals surface area contributed by atoms with E-state index in [9.17, 15) is 5.21 Å². The summed E-state index contributed by atoms with van der Waals surface area (Å²) in [5, 5.41) is 10.1. The third-order valence-corrected chi connectivity index (χ3v) is 0.924. The van der Waals surface area contributed by atoms with Crippen molar-refractivity contribution in [2.24, 2.45) is 0 Å². The van der Waals surface area contributed by atoms with Crippen molar-refractivity contribution in [3.8, 4) is 0 Å². The van der Waals surface area contributed by atoms with Crippen molar-refractivity contribution in [3.63, 3.8) is 0 Å². The molecule has 0 amide bonds. The van der Waals surface area contributed by atoms with Crippen molar-refractivity contribution in [3.05, 3.63) is 17.5 Å². The molecule has 1 aliphatic heterocycles. The maximum Gasteiger partial charge on any atom is 0.415 e. The minimum absolute atomic E-state index is 0.625. The highest BCUT2D eigenvalue weighted by atomic mass is 32.2. The lowest BCUT2D eigenvalue weighted by molar-refractivity contribution is -0.261. The van der Waals surface area contributed by atoms with Crippen molar-refractivity contribution in [2.45, 2.75) is 0 Å². The molecular weight excluding hydrogens is 114 g/mol. The fourth-order valence-electron chi connectivity index (χ4n) is 0.230. The van der Waals surface area contributed by atoms with Gasteiger partial charge in [0.05, 0.1) is 0 Å². The monoisotopic (exact) mass is 117 g/mol. The first-order valence-electron chi connectivity index (χ1n) is 1.69. The van der Waals surface area contributed by atoms with Gasteiger partial charge in [0, 0.05) is 6.08 Å². The van der Waals surface area contributed by atoms with E-state index in [0.29, 0.717) is 4.14 Å². The second-order valence-corrected chi connectivity index (χ2v) is 1.64. The van der Waals surface area contributed by atoms with Crippen LogP contribution in [0.4, 0.5) is 0 Å². The van der Waals surface area contributed by atoms with Gasteiger partial charge >= 0.3 is 12.2 Å². The van der Waals surface area contributed by atoms with Crippen LogP contribution in [0, 0.1) is 5.21 Å². The molecule has 0 spiro atoms. The number of hydrogen-bond acceptors (Lipinski definition) is 3. The van der Waals surface area contributed by atoms with E-state index in [0.717, 1.165) is 12.2 Å². The summed E-state index contributed by atoms with van der Waals surface area (Å²) >= 11 is 0.753. The zero-order chi connectivity index (χ0) is 5.11. The van der Waals surface area contributed by atoms with Crippen LogP contribution in [0.3, 0.4) is 0 Å². The van der Waals surface area contributed by atoms with Gasteiger partial charge in [-0.25, -0.2) is 0 Å². The van der Waals surface area contributed by atoms with Gasteiger partial charge in [0.25, 0.3) is 0 Å². The Kier molecular flexibility index (Phi) is 1.21. The van der Waals surface area contributed by atoms with Gasteiger partial charge in [0.1, 0.15) is 6.26 Å². The minimum atomic E-state index is 0.625. The predicted octanol–water partition coefficient (Wildman–Crippen LogP) is 0.675. The topological polar surface area (TPSA) is 35.3 Å². The Morgan fingerprint density at radius 3 is 2.86 bits per heavy atom. The van der Waals surface area contributed by atoms with Crippen LogP contribution in [0.25, 0.3) is 0 Å². The van der Waals surface area contributed by atoms with Crippen LogP contribution in [-0.2, 0) is 4.18 Å². The summed E-state index contributed by atoms with van der Waals surface area (Å²) in [5.41, 5.74) is 0. The molecular formula is C3H3NO2S. The highest BCUT2D eigenvalue weighted by Crippen LogP contribution is 2.05. The van der Waals surface area contributed by atoms with Crippen molar-refractivity contribution in [2.75, 3.05) is 0 Å². The van der Waals surface area contributed by atoms with Gasteiger partial charge in [-0.2, -0.15) is 0 Å². The minimum Gasteiger partial charge on any atom is -0.609 e. The third-order valence-electron chi connectivity index (χ3n) is 0.458. The summed E-state index contributed by atoms with van der Waals surface area (Å²) in [7, 11) is 0. The molecule has 1 heterocycles. The number of hydrogen-bond donors (Lipinski definition) is 0. The van der Waals surface area contributed by atoms with Crippen molar-refractivity contribution in [1.29, 1.82) is 0 Å². The molecule has 0 aliphatic carbocycles. The average Bonchev–Trinajstić information content (AvgIpc) is 1.69. The highest BCUT2D eigenvalue weighted by Gasteiger charge is 1.97. The molecule has 4 heteroatoms. The van der Waals surface area contributed by atoms with Gasteiger partial charge in [0.2, 0.25) is 0 Å². The molecule has 0 aromatic heterocycles. The Morgan fingerprint density at radius 1 is 1.71 bits per heavy atom. The SMILES string of the molecule is [O-][N+]1=CC=COS1. The molecule has 0 N–H and O–H groups in total. The first-order chi connectivity index (χ1) is 3.39. The Hall–Kier alpha value is -0.640. The van der Waals surface area contributed by atoms with E-state index in [1.54, 1.807) is 0 Å². The summed E-state index contributed by atoms with van der Waals surface area (Å²) in [4.78, 5) is 0. The molecule has 0 aromatic carbocycles. The molecule has 0 bridgehead atoms. The summed E-state index contributed by atoms with van der Waals surface area (Å²) in [5.74, 6) is 0. The number of nitrogens with zero attached hydrogens (tertiary/aromatic N) is 1. The molecule has 0 unspecified atom stereocenters. The smallest absolute Gasteiger partial charge is 0.415 e. The van der Waals surface area contributed by atoms with E-state index in [1.807, 2.05) is 0 Å². The van der Waals surface area contributed by atoms with Gasteiger partial charge in [-0.15, -0.1) is 0 Å². The van der Waals surface area contributed by atoms with Crippen LogP contribution in [-0.4, -0.2) is 10.4 Å². The lowest BCUT2D eigenvalue weighted by atomic mass is 10.7. The van der Waals surface area contributed by atoms with E-state index >= 15 is 0 Å². The molecule has 0 fully saturated rings. The average molecular weight is 117 g/mol. The van der Waals surface area contributed by atoms with Crippen LogP contribution >= 0.6 is 12.2 Å². The van der Waals surface area contributed by atoms with Crippen molar-refractivity contribution < 1.29 is 8.33 Å². The quantitative estimate of drug-likeness (QED) is 0.202. The van der Waals surface area contributed by atoms with Gasteiger partial charge in [-0.1, -0.05) is 4.14 Å². The van der Waals surface area contributed by atoms with Crippen LogP contribution in [0.2, 0.25) is 0 Å². The predicted molar refractivity (Wildman–Crippen MR) is 27.5 cm³/mol. The van der Waals surface area contributed by atoms with Crippen LogP contribution in [0.5, 0.6) is 0 Å². The first kappa shape index (κ1) is 4.52. The summed E-state index contributed by atoms with van der Waals surface area (Å²) in [6.45, 7) is 0. The fraction of sp³-hybridized carbons (Fsp3) is 0. The Morgan fingerprint density at radius 2 is 2.57 bits per heavy atom. The number of allylic oxidation sites excluding steroid dienone is 1. The van der Waals surface area contributed by atoms with Crippen LogP contribution in [0.1, 0.15) is 0 Å². The van der Waals surface area contributed by atoms with E-state index in [4.69, 9.17) is 0 Å². The van der Waals surface area contributed by atoms with Crippen molar-refractivity contribution in [1.82, 2.24) is 0 Å². The summed E-state index contributed by atoms with van der Waals surface area (Å²) in [6.07, 6.45) is 4.34. The van der Waals surface area contributed by atoms with Crippen molar-refractivity contribution >= 4 is 18.4 Å². The number of rotatable bonds is 0.